The summed E-state index contributed by atoms with van der Waals surface area (Å²) < 4.78 is 0. The highest BCUT2D eigenvalue weighted by atomic mass is 15.0. The van der Waals surface area contributed by atoms with Gasteiger partial charge in [0.05, 0.1) is 0 Å². The van der Waals surface area contributed by atoms with Gasteiger partial charge in [-0.2, -0.15) is 0 Å². The highest BCUT2D eigenvalue weighted by Gasteiger charge is 2.05. The van der Waals surface area contributed by atoms with E-state index in [-0.39, 0.29) is 0 Å². The molecule has 0 saturated heterocycles. The molecular formula is C12H22N4. The average Bonchev–Trinajstić information content (AvgIpc) is 2.29. The molecule has 0 fully saturated rings. The van der Waals surface area contributed by atoms with Crippen molar-refractivity contribution >= 4 is 11.6 Å². The molecule has 1 aromatic rings. The number of aromatic nitrogens is 2. The van der Waals surface area contributed by atoms with Gasteiger partial charge in [0.1, 0.15) is 17.5 Å². The van der Waals surface area contributed by atoms with Crippen molar-refractivity contribution < 1.29 is 0 Å². The van der Waals surface area contributed by atoms with E-state index in [2.05, 4.69) is 29.1 Å². The maximum atomic E-state index is 5.72. The second-order valence-corrected chi connectivity index (χ2v) is 4.01. The third-order valence-electron chi connectivity index (χ3n) is 2.84. The lowest BCUT2D eigenvalue weighted by atomic mass is 10.0. The monoisotopic (exact) mass is 222 g/mol. The van der Waals surface area contributed by atoms with Crippen LogP contribution in [0.2, 0.25) is 0 Å². The zero-order chi connectivity index (χ0) is 12.0. The van der Waals surface area contributed by atoms with Gasteiger partial charge in [-0.15, -0.1) is 0 Å². The van der Waals surface area contributed by atoms with Gasteiger partial charge in [0, 0.05) is 19.0 Å². The predicted molar refractivity (Wildman–Crippen MR) is 68.4 cm³/mol. The number of rotatable bonds is 6. The van der Waals surface area contributed by atoms with E-state index in [0.29, 0.717) is 11.7 Å². The fourth-order valence-corrected chi connectivity index (χ4v) is 1.59. The summed E-state index contributed by atoms with van der Waals surface area (Å²) in [5, 5.41) is 3.33. The Morgan fingerprint density at radius 2 is 1.94 bits per heavy atom. The molecule has 0 aliphatic carbocycles. The molecule has 0 radical (unpaired) electrons. The number of nitrogens with two attached hydrogens (primary N) is 1. The molecule has 0 bridgehead atoms. The molecule has 0 amide bonds. The van der Waals surface area contributed by atoms with Crippen molar-refractivity contribution in [2.45, 2.75) is 40.0 Å². The van der Waals surface area contributed by atoms with E-state index in [0.717, 1.165) is 24.6 Å². The number of hydrogen-bond donors (Lipinski definition) is 2. The molecule has 0 aliphatic rings. The van der Waals surface area contributed by atoms with Crippen LogP contribution in [0.1, 0.15) is 39.4 Å². The van der Waals surface area contributed by atoms with Crippen molar-refractivity contribution in [1.82, 2.24) is 9.97 Å². The van der Waals surface area contributed by atoms with Crippen LogP contribution in [0.5, 0.6) is 0 Å². The first-order chi connectivity index (χ1) is 7.69. The molecule has 0 unspecified atom stereocenters. The summed E-state index contributed by atoms with van der Waals surface area (Å²) in [6.45, 7) is 7.40. The minimum absolute atomic E-state index is 0.541. The lowest BCUT2D eigenvalue weighted by molar-refractivity contribution is 0.518. The molecule has 3 N–H and O–H groups in total. The van der Waals surface area contributed by atoms with Crippen molar-refractivity contribution in [3.63, 3.8) is 0 Å². The molecular weight excluding hydrogens is 200 g/mol. The maximum absolute atomic E-state index is 5.72. The van der Waals surface area contributed by atoms with Crippen molar-refractivity contribution in [2.75, 3.05) is 17.6 Å². The maximum Gasteiger partial charge on any atom is 0.132 e. The second kappa shape index (κ2) is 6.30. The third-order valence-corrected chi connectivity index (χ3v) is 2.84. The van der Waals surface area contributed by atoms with Crippen LogP contribution < -0.4 is 11.1 Å². The van der Waals surface area contributed by atoms with E-state index < -0.39 is 0 Å². The molecule has 0 saturated carbocycles. The summed E-state index contributed by atoms with van der Waals surface area (Å²) in [4.78, 5) is 8.54. The van der Waals surface area contributed by atoms with Crippen LogP contribution in [-0.2, 0) is 6.42 Å². The smallest absolute Gasteiger partial charge is 0.132 e. The van der Waals surface area contributed by atoms with Gasteiger partial charge >= 0.3 is 0 Å². The quantitative estimate of drug-likeness (QED) is 0.776. The molecule has 0 aliphatic heterocycles. The second-order valence-electron chi connectivity index (χ2n) is 4.01. The molecule has 0 spiro atoms. The Morgan fingerprint density at radius 1 is 1.25 bits per heavy atom. The molecule has 1 rings (SSSR count). The molecule has 90 valence electrons. The number of aryl methyl sites for hydroxylation is 1. The first-order valence-corrected chi connectivity index (χ1v) is 6.06. The van der Waals surface area contributed by atoms with Crippen LogP contribution in [0.25, 0.3) is 0 Å². The molecule has 16 heavy (non-hydrogen) atoms. The third kappa shape index (κ3) is 3.68. The summed E-state index contributed by atoms with van der Waals surface area (Å²) in [6.07, 6.45) is 3.18. The first-order valence-electron chi connectivity index (χ1n) is 6.06. The van der Waals surface area contributed by atoms with Gasteiger partial charge in [0.15, 0.2) is 0 Å². The summed E-state index contributed by atoms with van der Waals surface area (Å²) in [5.41, 5.74) is 5.72. The fraction of sp³-hybridized carbons (Fsp3) is 0.667. The van der Waals surface area contributed by atoms with E-state index in [1.54, 1.807) is 6.07 Å². The highest BCUT2D eigenvalue weighted by molar-refractivity contribution is 5.44. The SMILES string of the molecule is CCc1nc(N)cc(NCC(CC)CC)n1. The Bertz CT molecular complexity index is 321. The molecule has 0 aromatic carbocycles. The van der Waals surface area contributed by atoms with Crippen molar-refractivity contribution in [1.29, 1.82) is 0 Å². The zero-order valence-electron chi connectivity index (χ0n) is 10.5. The summed E-state index contributed by atoms with van der Waals surface area (Å²) >= 11 is 0. The summed E-state index contributed by atoms with van der Waals surface area (Å²) in [5.74, 6) is 2.88. The van der Waals surface area contributed by atoms with E-state index in [9.17, 15) is 0 Å². The lowest BCUT2D eigenvalue weighted by Crippen LogP contribution is -2.14. The summed E-state index contributed by atoms with van der Waals surface area (Å²) in [7, 11) is 0. The van der Waals surface area contributed by atoms with Crippen LogP contribution >= 0.6 is 0 Å². The molecule has 1 heterocycles. The minimum atomic E-state index is 0.541. The van der Waals surface area contributed by atoms with E-state index >= 15 is 0 Å². The highest BCUT2D eigenvalue weighted by Crippen LogP contribution is 2.12. The Labute approximate surface area is 97.7 Å². The standard InChI is InChI=1S/C12H22N4/c1-4-9(5-2)8-14-12-7-10(13)15-11(6-3)16-12/h7,9H,4-6,8H2,1-3H3,(H3,13,14,15,16). The van der Waals surface area contributed by atoms with Crippen LogP contribution in [0, 0.1) is 5.92 Å². The van der Waals surface area contributed by atoms with E-state index in [1.807, 2.05) is 6.92 Å². The van der Waals surface area contributed by atoms with Crippen molar-refractivity contribution in [2.24, 2.45) is 5.92 Å². The molecule has 1 aromatic heterocycles. The molecule has 4 nitrogen and oxygen atoms in total. The van der Waals surface area contributed by atoms with E-state index in [4.69, 9.17) is 5.73 Å². The Hall–Kier alpha value is -1.32. The largest absolute Gasteiger partial charge is 0.384 e. The Balaban J connectivity index is 2.62. The van der Waals surface area contributed by atoms with Crippen LogP contribution in [0.3, 0.4) is 0 Å². The Kier molecular flexibility index (Phi) is 5.02. The van der Waals surface area contributed by atoms with Crippen LogP contribution in [0.4, 0.5) is 11.6 Å². The summed E-state index contributed by atoms with van der Waals surface area (Å²) in [6, 6.07) is 1.79. The lowest BCUT2D eigenvalue weighted by Gasteiger charge is -2.14. The van der Waals surface area contributed by atoms with Crippen molar-refractivity contribution in [3.05, 3.63) is 11.9 Å². The van der Waals surface area contributed by atoms with Gasteiger partial charge in [-0.05, 0) is 5.92 Å². The van der Waals surface area contributed by atoms with Gasteiger partial charge in [-0.1, -0.05) is 33.6 Å². The first kappa shape index (κ1) is 12.7. The van der Waals surface area contributed by atoms with Crippen LogP contribution in [-0.4, -0.2) is 16.5 Å². The minimum Gasteiger partial charge on any atom is -0.384 e. The van der Waals surface area contributed by atoms with Gasteiger partial charge in [-0.25, -0.2) is 9.97 Å². The predicted octanol–water partition coefficient (Wildman–Crippen LogP) is 2.47. The van der Waals surface area contributed by atoms with Gasteiger partial charge < -0.3 is 11.1 Å². The van der Waals surface area contributed by atoms with Crippen molar-refractivity contribution in [3.8, 4) is 0 Å². The fourth-order valence-electron chi connectivity index (χ4n) is 1.59. The number of nitrogens with zero attached hydrogens (tertiary/aromatic N) is 2. The number of nitrogens with one attached hydrogen (secondary N) is 1. The molecule has 4 heteroatoms. The van der Waals surface area contributed by atoms with Gasteiger partial charge in [0.2, 0.25) is 0 Å². The zero-order valence-corrected chi connectivity index (χ0v) is 10.5. The van der Waals surface area contributed by atoms with Gasteiger partial charge in [-0.3, -0.25) is 0 Å². The molecule has 0 atom stereocenters. The number of hydrogen-bond acceptors (Lipinski definition) is 4. The number of anilines is 2. The average molecular weight is 222 g/mol. The van der Waals surface area contributed by atoms with Gasteiger partial charge in [0.25, 0.3) is 0 Å². The number of nitrogen functional groups attached to an aromatic ring is 1. The topological polar surface area (TPSA) is 63.8 Å². The Morgan fingerprint density at radius 3 is 2.50 bits per heavy atom. The van der Waals surface area contributed by atoms with E-state index in [1.165, 1.54) is 12.8 Å². The normalized spacial score (nSPS) is 10.8. The van der Waals surface area contributed by atoms with Crippen LogP contribution in [0.15, 0.2) is 6.07 Å².